The molecule has 1 aromatic carbocycles. The topological polar surface area (TPSA) is 70.2 Å². The van der Waals surface area contributed by atoms with E-state index in [1.165, 1.54) is 18.2 Å². The third-order valence-electron chi connectivity index (χ3n) is 4.60. The maximum absolute atomic E-state index is 13.9. The molecule has 5 nitrogen and oxygen atoms in total. The molecule has 1 aliphatic heterocycles. The maximum atomic E-state index is 13.9. The van der Waals surface area contributed by atoms with E-state index in [2.05, 4.69) is 50.2 Å². The van der Waals surface area contributed by atoms with Crippen LogP contribution in [0.15, 0.2) is 47.8 Å². The molecular weight excluding hydrogens is 507 g/mol. The molecule has 0 unspecified atom stereocenters. The van der Waals surface area contributed by atoms with Crippen LogP contribution < -0.4 is 16.0 Å². The van der Waals surface area contributed by atoms with Crippen LogP contribution in [0.4, 0.5) is 14.5 Å². The monoisotopic (exact) mass is 545 g/mol. The minimum atomic E-state index is -0.687. The number of carbonyl (C=O) groups is 2. The molecule has 0 radical (unpaired) electrons. The molecule has 9 heteroatoms. The molecule has 1 saturated heterocycles. The molecule has 36 heavy (non-hydrogen) atoms. The van der Waals surface area contributed by atoms with E-state index in [0.29, 0.717) is 42.5 Å². The molecule has 2 atom stereocenters. The smallest absolute Gasteiger partial charge is 0.211 e. The molecule has 202 valence electrons. The van der Waals surface area contributed by atoms with Crippen LogP contribution in [0.2, 0.25) is 5.02 Å². The summed E-state index contributed by atoms with van der Waals surface area (Å²) in [7, 11) is 0. The van der Waals surface area contributed by atoms with Gasteiger partial charge in [-0.3, -0.25) is 9.59 Å². The Labute approximate surface area is 224 Å². The first-order valence-electron chi connectivity index (χ1n) is 11.8. The Hall–Kier alpha value is -2.22. The number of amides is 2. The number of benzene rings is 1. The predicted octanol–water partition coefficient (Wildman–Crippen LogP) is 7.10. The van der Waals surface area contributed by atoms with Gasteiger partial charge in [0.15, 0.2) is 0 Å². The highest BCUT2D eigenvalue weighted by molar-refractivity contribution is 6.31. The Bertz CT molecular complexity index is 894. The number of carbonyl (C=O) groups excluding carboxylic acids is 2. The van der Waals surface area contributed by atoms with E-state index >= 15 is 0 Å². The van der Waals surface area contributed by atoms with E-state index in [1.807, 2.05) is 13.0 Å². The average Bonchev–Trinajstić information content (AvgIpc) is 3.25. The summed E-state index contributed by atoms with van der Waals surface area (Å²) in [5.74, 6) is -1.02. The van der Waals surface area contributed by atoms with Gasteiger partial charge < -0.3 is 16.0 Å². The van der Waals surface area contributed by atoms with Gasteiger partial charge in [0.05, 0.1) is 10.1 Å². The number of hydrogen-bond donors (Lipinski definition) is 3. The first-order chi connectivity index (χ1) is 16.8. The third-order valence-corrected chi connectivity index (χ3v) is 5.22. The highest BCUT2D eigenvalue weighted by atomic mass is 35.5. The van der Waals surface area contributed by atoms with Crippen molar-refractivity contribution in [2.45, 2.75) is 53.4 Å². The lowest BCUT2D eigenvalue weighted by Gasteiger charge is -2.21. The fourth-order valence-corrected chi connectivity index (χ4v) is 3.34. The summed E-state index contributed by atoms with van der Waals surface area (Å²) >= 11 is 11.5. The van der Waals surface area contributed by atoms with Crippen LogP contribution in [-0.2, 0) is 9.59 Å². The number of nitrogens with one attached hydrogen (secondary N) is 3. The first kappa shape index (κ1) is 33.8. The summed E-state index contributed by atoms with van der Waals surface area (Å²) in [6.07, 6.45) is 7.91. The second-order valence-corrected chi connectivity index (χ2v) is 10.6. The van der Waals surface area contributed by atoms with Crippen LogP contribution in [0, 0.1) is 17.2 Å². The zero-order valence-corrected chi connectivity index (χ0v) is 23.3. The van der Waals surface area contributed by atoms with Gasteiger partial charge in [-0.1, -0.05) is 76.6 Å². The summed E-state index contributed by atoms with van der Waals surface area (Å²) in [6, 6.07) is 2.79. The molecule has 0 saturated carbocycles. The van der Waals surface area contributed by atoms with Crippen molar-refractivity contribution < 1.29 is 18.4 Å². The summed E-state index contributed by atoms with van der Waals surface area (Å²) in [4.78, 5) is 20.3. The van der Waals surface area contributed by atoms with Gasteiger partial charge in [0.25, 0.3) is 0 Å². The summed E-state index contributed by atoms with van der Waals surface area (Å²) < 4.78 is 26.7. The Morgan fingerprint density at radius 1 is 1.22 bits per heavy atom. The van der Waals surface area contributed by atoms with Crippen molar-refractivity contribution in [2.24, 2.45) is 11.3 Å². The van der Waals surface area contributed by atoms with Crippen LogP contribution in [-0.4, -0.2) is 32.5 Å². The lowest BCUT2D eigenvalue weighted by molar-refractivity contribution is -0.109. The Kier molecular flexibility index (Phi) is 17.0. The van der Waals surface area contributed by atoms with Crippen molar-refractivity contribution in [3.05, 3.63) is 64.2 Å². The summed E-state index contributed by atoms with van der Waals surface area (Å²) in [6.45, 7) is 16.1. The van der Waals surface area contributed by atoms with Gasteiger partial charge >= 0.3 is 0 Å². The molecule has 0 bridgehead atoms. The van der Waals surface area contributed by atoms with Crippen LogP contribution in [0.25, 0.3) is 0 Å². The van der Waals surface area contributed by atoms with Crippen LogP contribution in [0.1, 0.15) is 58.9 Å². The van der Waals surface area contributed by atoms with Gasteiger partial charge in [0, 0.05) is 24.7 Å². The zero-order chi connectivity index (χ0) is 27.7. The lowest BCUT2D eigenvalue weighted by Crippen LogP contribution is -2.13. The van der Waals surface area contributed by atoms with Crippen molar-refractivity contribution >= 4 is 41.7 Å². The largest absolute Gasteiger partial charge is 0.359 e. The number of allylic oxidation sites excluding steroid dienone is 5. The van der Waals surface area contributed by atoms with Gasteiger partial charge in [-0.15, -0.1) is 0 Å². The van der Waals surface area contributed by atoms with Crippen LogP contribution in [0.3, 0.4) is 0 Å². The number of halogens is 4. The standard InChI is InChI=1S/C18H18Cl2F2N2O.C5H12.C4H9NO/c1-11(21)15(19)5-3-2-4-12-8-23-9-14(12)13-6-17(22)16(20)7-18(13)24-10-25;1-5(2,3)4;1-2-3-5-4-6/h2-3,5-7,10,12,14,23H,1,4,8-9H2,(H,24,25);1-4H3;4H,2-3H2,1H3,(H,5,6)/b3-2-,15-5+;;/t12-,14+;;/m0../s1. The van der Waals surface area contributed by atoms with Crippen molar-refractivity contribution in [1.29, 1.82) is 0 Å². The highest BCUT2D eigenvalue weighted by Gasteiger charge is 2.30. The summed E-state index contributed by atoms with van der Waals surface area (Å²) in [5, 5.41) is 8.28. The Balaban J connectivity index is 0.000000931. The molecule has 1 heterocycles. The van der Waals surface area contributed by atoms with E-state index in [0.717, 1.165) is 19.5 Å². The van der Waals surface area contributed by atoms with Crippen molar-refractivity contribution in [1.82, 2.24) is 10.6 Å². The number of anilines is 1. The van der Waals surface area contributed by atoms with E-state index in [4.69, 9.17) is 23.2 Å². The number of hydrogen-bond acceptors (Lipinski definition) is 3. The van der Waals surface area contributed by atoms with E-state index in [1.54, 1.807) is 6.08 Å². The molecular formula is C27H39Cl2F2N3O2. The molecule has 2 amide bonds. The van der Waals surface area contributed by atoms with E-state index in [9.17, 15) is 18.4 Å². The van der Waals surface area contributed by atoms with Gasteiger partial charge in [-0.2, -0.15) is 0 Å². The second kappa shape index (κ2) is 18.1. The van der Waals surface area contributed by atoms with Gasteiger partial charge in [0.1, 0.15) is 11.6 Å². The molecule has 0 aliphatic carbocycles. The maximum Gasteiger partial charge on any atom is 0.211 e. The molecule has 1 aromatic rings. The minimum absolute atomic E-state index is 0.00876. The van der Waals surface area contributed by atoms with Gasteiger partial charge in [-0.25, -0.2) is 8.78 Å². The number of rotatable bonds is 10. The van der Waals surface area contributed by atoms with E-state index < -0.39 is 11.6 Å². The SMILES string of the molecule is C=C(F)/C(Cl)=C\C=C/C[C@H]1CNC[C@H]1c1cc(F)c(Cl)cc1NC=O.CC(C)(C)C.CCCNC=O. The predicted molar refractivity (Wildman–Crippen MR) is 148 cm³/mol. The molecule has 0 aromatic heterocycles. The van der Waals surface area contributed by atoms with E-state index in [-0.39, 0.29) is 21.9 Å². The highest BCUT2D eigenvalue weighted by Crippen LogP contribution is 2.37. The zero-order valence-electron chi connectivity index (χ0n) is 21.8. The normalized spacial score (nSPS) is 17.4. The third kappa shape index (κ3) is 15.0. The lowest BCUT2D eigenvalue weighted by atomic mass is 9.85. The second-order valence-electron chi connectivity index (χ2n) is 9.80. The van der Waals surface area contributed by atoms with Crippen molar-refractivity contribution in [3.8, 4) is 0 Å². The van der Waals surface area contributed by atoms with Gasteiger partial charge in [-0.05, 0) is 54.5 Å². The van der Waals surface area contributed by atoms with Crippen LogP contribution >= 0.6 is 23.2 Å². The first-order valence-corrected chi connectivity index (χ1v) is 12.5. The Morgan fingerprint density at radius 2 is 1.86 bits per heavy atom. The molecule has 1 aliphatic rings. The van der Waals surface area contributed by atoms with Crippen LogP contribution in [0.5, 0.6) is 0 Å². The molecule has 1 fully saturated rings. The molecule has 2 rings (SSSR count). The minimum Gasteiger partial charge on any atom is -0.359 e. The quantitative estimate of drug-likeness (QED) is 0.167. The summed E-state index contributed by atoms with van der Waals surface area (Å²) in [5.41, 5.74) is 1.70. The van der Waals surface area contributed by atoms with Crippen molar-refractivity contribution in [2.75, 3.05) is 25.0 Å². The van der Waals surface area contributed by atoms with Crippen molar-refractivity contribution in [3.63, 3.8) is 0 Å². The fourth-order valence-electron chi connectivity index (χ4n) is 3.10. The fraction of sp³-hybridized carbons (Fsp3) is 0.481. The average molecular weight is 547 g/mol. The molecule has 3 N–H and O–H groups in total. The Morgan fingerprint density at radius 3 is 2.36 bits per heavy atom. The molecule has 0 spiro atoms. The van der Waals surface area contributed by atoms with Gasteiger partial charge in [0.2, 0.25) is 12.8 Å².